The summed E-state index contributed by atoms with van der Waals surface area (Å²) in [5, 5.41) is 10.4. The van der Waals surface area contributed by atoms with Crippen LogP contribution in [0.2, 0.25) is 0 Å². The summed E-state index contributed by atoms with van der Waals surface area (Å²) in [7, 11) is 3.17. The molecule has 0 fully saturated rings. The van der Waals surface area contributed by atoms with Crippen LogP contribution in [0.25, 0.3) is 0 Å². The highest BCUT2D eigenvalue weighted by Crippen LogP contribution is 2.30. The van der Waals surface area contributed by atoms with Crippen molar-refractivity contribution < 1.29 is 14.6 Å². The number of methoxy groups -OCH3 is 2. The average Bonchev–Trinajstić information content (AvgIpc) is 2.54. The van der Waals surface area contributed by atoms with E-state index in [4.69, 9.17) is 15.2 Å². The first kappa shape index (κ1) is 18.3. The Kier molecular flexibility index (Phi) is 7.18. The van der Waals surface area contributed by atoms with Crippen molar-refractivity contribution in [2.45, 2.75) is 18.6 Å². The molecule has 2 rings (SSSR count). The fourth-order valence-corrected chi connectivity index (χ4v) is 2.28. The van der Waals surface area contributed by atoms with E-state index in [-0.39, 0.29) is 12.4 Å². The Morgan fingerprint density at radius 1 is 1.05 bits per heavy atom. The van der Waals surface area contributed by atoms with Crippen LogP contribution in [0.4, 0.5) is 0 Å². The molecule has 0 spiro atoms. The largest absolute Gasteiger partial charge is 0.497 e. The van der Waals surface area contributed by atoms with Crippen molar-refractivity contribution in [2.24, 2.45) is 5.73 Å². The summed E-state index contributed by atoms with van der Waals surface area (Å²) in [6.07, 6.45) is -0.188. The van der Waals surface area contributed by atoms with Gasteiger partial charge in [0.25, 0.3) is 0 Å². The lowest BCUT2D eigenvalue weighted by Crippen LogP contribution is -2.28. The highest BCUT2D eigenvalue weighted by Gasteiger charge is 2.21. The lowest BCUT2D eigenvalue weighted by Gasteiger charge is -2.21. The first-order valence-electron chi connectivity index (χ1n) is 6.85. The van der Waals surface area contributed by atoms with Gasteiger partial charge >= 0.3 is 0 Å². The smallest absolute Gasteiger partial charge is 0.127 e. The molecule has 0 bridgehead atoms. The van der Waals surface area contributed by atoms with Gasteiger partial charge in [-0.1, -0.05) is 30.3 Å². The van der Waals surface area contributed by atoms with Crippen molar-refractivity contribution >= 4 is 12.4 Å². The Bertz CT molecular complexity index is 577. The van der Waals surface area contributed by atoms with Gasteiger partial charge in [0.15, 0.2) is 0 Å². The second kappa shape index (κ2) is 8.63. The zero-order valence-corrected chi connectivity index (χ0v) is 13.5. The third-order valence-corrected chi connectivity index (χ3v) is 3.50. The van der Waals surface area contributed by atoms with Crippen molar-refractivity contribution in [2.75, 3.05) is 14.2 Å². The molecule has 0 saturated heterocycles. The van der Waals surface area contributed by atoms with E-state index in [2.05, 4.69) is 0 Å². The van der Waals surface area contributed by atoms with Crippen molar-refractivity contribution in [3.05, 3.63) is 59.7 Å². The molecule has 0 aliphatic heterocycles. The van der Waals surface area contributed by atoms with Crippen molar-refractivity contribution in [3.8, 4) is 11.5 Å². The molecule has 0 aromatic heterocycles. The molecule has 0 unspecified atom stereocenters. The maximum atomic E-state index is 10.4. The number of aliphatic hydroxyl groups excluding tert-OH is 1. The van der Waals surface area contributed by atoms with Crippen LogP contribution in [0.5, 0.6) is 11.5 Å². The van der Waals surface area contributed by atoms with Gasteiger partial charge in [0.2, 0.25) is 0 Å². The maximum absolute atomic E-state index is 10.4. The van der Waals surface area contributed by atoms with E-state index < -0.39 is 12.1 Å². The SMILES string of the molecule is COc1ccc([C@@H](N)[C@@H](O)Cc2ccccc2)c(OC)c1.Cl. The van der Waals surface area contributed by atoms with Crippen LogP contribution in [-0.2, 0) is 6.42 Å². The summed E-state index contributed by atoms with van der Waals surface area (Å²) in [5.74, 6) is 1.31. The Labute approximate surface area is 137 Å². The molecule has 5 heteroatoms. The number of halogens is 1. The number of ether oxygens (including phenoxy) is 2. The third kappa shape index (κ3) is 4.37. The first-order chi connectivity index (χ1) is 10.2. The summed E-state index contributed by atoms with van der Waals surface area (Å²) < 4.78 is 10.5. The monoisotopic (exact) mass is 323 g/mol. The minimum atomic E-state index is -0.685. The van der Waals surface area contributed by atoms with Crippen LogP contribution in [-0.4, -0.2) is 25.4 Å². The van der Waals surface area contributed by atoms with Crippen LogP contribution in [0.15, 0.2) is 48.5 Å². The normalized spacial score (nSPS) is 12.9. The van der Waals surface area contributed by atoms with Crippen LogP contribution in [0.1, 0.15) is 17.2 Å². The average molecular weight is 324 g/mol. The third-order valence-electron chi connectivity index (χ3n) is 3.50. The van der Waals surface area contributed by atoms with Crippen LogP contribution >= 0.6 is 12.4 Å². The van der Waals surface area contributed by atoms with Gasteiger partial charge in [-0.3, -0.25) is 0 Å². The van der Waals surface area contributed by atoms with Crippen LogP contribution < -0.4 is 15.2 Å². The first-order valence-corrected chi connectivity index (χ1v) is 6.85. The summed E-state index contributed by atoms with van der Waals surface area (Å²) in [4.78, 5) is 0. The molecule has 2 atom stereocenters. The minimum absolute atomic E-state index is 0. The molecule has 3 N–H and O–H groups in total. The van der Waals surface area contributed by atoms with E-state index in [9.17, 15) is 5.11 Å². The zero-order valence-electron chi connectivity index (χ0n) is 12.7. The lowest BCUT2D eigenvalue weighted by molar-refractivity contribution is 0.143. The second-order valence-corrected chi connectivity index (χ2v) is 4.89. The Hall–Kier alpha value is -1.75. The zero-order chi connectivity index (χ0) is 15.2. The molecule has 22 heavy (non-hydrogen) atoms. The molecule has 0 amide bonds. The van der Waals surface area contributed by atoms with Crippen molar-refractivity contribution in [1.82, 2.24) is 0 Å². The molecular formula is C17H22ClNO3. The molecule has 0 radical (unpaired) electrons. The summed E-state index contributed by atoms with van der Waals surface area (Å²) in [6.45, 7) is 0. The Balaban J connectivity index is 0.00000242. The number of benzene rings is 2. The predicted octanol–water partition coefficient (Wildman–Crippen LogP) is 2.73. The van der Waals surface area contributed by atoms with Crippen molar-refractivity contribution in [3.63, 3.8) is 0 Å². The molecule has 0 saturated carbocycles. The minimum Gasteiger partial charge on any atom is -0.497 e. The van der Waals surface area contributed by atoms with Crippen LogP contribution in [0.3, 0.4) is 0 Å². The van der Waals surface area contributed by atoms with E-state index in [1.165, 1.54) is 0 Å². The molecule has 2 aromatic carbocycles. The van der Waals surface area contributed by atoms with Gasteiger partial charge in [0.1, 0.15) is 11.5 Å². The number of rotatable bonds is 6. The Morgan fingerprint density at radius 3 is 2.32 bits per heavy atom. The fourth-order valence-electron chi connectivity index (χ4n) is 2.28. The lowest BCUT2D eigenvalue weighted by atomic mass is 9.96. The maximum Gasteiger partial charge on any atom is 0.127 e. The highest BCUT2D eigenvalue weighted by molar-refractivity contribution is 5.85. The van der Waals surface area contributed by atoms with Gasteiger partial charge in [0.05, 0.1) is 26.4 Å². The number of aliphatic hydroxyl groups is 1. The highest BCUT2D eigenvalue weighted by atomic mass is 35.5. The van der Waals surface area contributed by atoms with E-state index in [1.807, 2.05) is 42.5 Å². The summed E-state index contributed by atoms with van der Waals surface area (Å²) in [6, 6.07) is 14.7. The van der Waals surface area contributed by atoms with E-state index in [1.54, 1.807) is 20.3 Å². The number of nitrogens with two attached hydrogens (primary N) is 1. The molecule has 2 aromatic rings. The van der Waals surface area contributed by atoms with E-state index >= 15 is 0 Å². The van der Waals surface area contributed by atoms with Gasteiger partial charge in [-0.2, -0.15) is 0 Å². The second-order valence-electron chi connectivity index (χ2n) is 4.89. The number of hydrogen-bond donors (Lipinski definition) is 2. The molecule has 120 valence electrons. The molecule has 0 heterocycles. The van der Waals surface area contributed by atoms with E-state index in [0.717, 1.165) is 11.1 Å². The van der Waals surface area contributed by atoms with E-state index in [0.29, 0.717) is 17.9 Å². The standard InChI is InChI=1S/C17H21NO3.ClH/c1-20-13-8-9-14(16(11-13)21-2)17(18)15(19)10-12-6-4-3-5-7-12;/h3-9,11,15,17,19H,10,18H2,1-2H3;1H/t15-,17+;/m0./s1. The predicted molar refractivity (Wildman–Crippen MR) is 89.9 cm³/mol. The quantitative estimate of drug-likeness (QED) is 0.858. The van der Waals surface area contributed by atoms with Gasteiger partial charge < -0.3 is 20.3 Å². The fraction of sp³-hybridized carbons (Fsp3) is 0.294. The van der Waals surface area contributed by atoms with Gasteiger partial charge in [-0.15, -0.1) is 12.4 Å². The molecular weight excluding hydrogens is 302 g/mol. The molecule has 0 aliphatic carbocycles. The molecule has 4 nitrogen and oxygen atoms in total. The van der Waals surface area contributed by atoms with Crippen LogP contribution in [0, 0.1) is 0 Å². The van der Waals surface area contributed by atoms with Gasteiger partial charge in [-0.05, 0) is 17.7 Å². The van der Waals surface area contributed by atoms with Gasteiger partial charge in [-0.25, -0.2) is 0 Å². The summed E-state index contributed by atoms with van der Waals surface area (Å²) >= 11 is 0. The van der Waals surface area contributed by atoms with Crippen molar-refractivity contribution in [1.29, 1.82) is 0 Å². The summed E-state index contributed by atoms with van der Waals surface area (Å²) in [5.41, 5.74) is 8.00. The van der Waals surface area contributed by atoms with Gasteiger partial charge in [0, 0.05) is 18.1 Å². The number of hydrogen-bond acceptors (Lipinski definition) is 4. The topological polar surface area (TPSA) is 64.7 Å². The molecule has 0 aliphatic rings. The Morgan fingerprint density at radius 2 is 1.73 bits per heavy atom.